The first kappa shape index (κ1) is 26.5. The SMILES string of the molecule is COc1ccc(CN(Cc2ccc(OC)cc2)C(Cc2ccccc2)C2CC(Cc3ccccc3)=NO2)cc1. The van der Waals surface area contributed by atoms with Crippen molar-refractivity contribution in [2.45, 2.75) is 44.5 Å². The predicted molar refractivity (Wildman–Crippen MR) is 156 cm³/mol. The van der Waals surface area contributed by atoms with E-state index in [4.69, 9.17) is 14.3 Å². The molecule has 1 aliphatic rings. The fraction of sp³-hybridized carbons (Fsp3) is 0.265. The van der Waals surface area contributed by atoms with E-state index in [2.05, 4.69) is 88.9 Å². The Labute approximate surface area is 231 Å². The molecule has 0 aromatic heterocycles. The van der Waals surface area contributed by atoms with Crippen molar-refractivity contribution in [1.82, 2.24) is 4.90 Å². The van der Waals surface area contributed by atoms with Gasteiger partial charge >= 0.3 is 0 Å². The fourth-order valence-corrected chi connectivity index (χ4v) is 5.16. The Kier molecular flexibility index (Phi) is 8.92. The van der Waals surface area contributed by atoms with Crippen LogP contribution in [-0.2, 0) is 30.8 Å². The van der Waals surface area contributed by atoms with Gasteiger partial charge in [0.2, 0.25) is 0 Å². The highest BCUT2D eigenvalue weighted by atomic mass is 16.6. The molecule has 0 aliphatic carbocycles. The van der Waals surface area contributed by atoms with Crippen molar-refractivity contribution < 1.29 is 14.3 Å². The number of hydrogen-bond acceptors (Lipinski definition) is 5. The summed E-state index contributed by atoms with van der Waals surface area (Å²) >= 11 is 0. The molecule has 39 heavy (non-hydrogen) atoms. The molecule has 1 heterocycles. The van der Waals surface area contributed by atoms with E-state index in [1.807, 2.05) is 30.3 Å². The van der Waals surface area contributed by atoms with Gasteiger partial charge in [-0.3, -0.25) is 4.90 Å². The Balaban J connectivity index is 1.42. The first-order chi connectivity index (χ1) is 19.2. The molecule has 0 saturated carbocycles. The van der Waals surface area contributed by atoms with E-state index in [1.165, 1.54) is 22.3 Å². The van der Waals surface area contributed by atoms with Gasteiger partial charge in [-0.25, -0.2) is 0 Å². The third kappa shape index (κ3) is 7.27. The molecule has 0 spiro atoms. The van der Waals surface area contributed by atoms with Crippen LogP contribution in [0.15, 0.2) is 114 Å². The molecule has 0 bridgehead atoms. The molecule has 5 nitrogen and oxygen atoms in total. The van der Waals surface area contributed by atoms with Crippen molar-refractivity contribution in [3.63, 3.8) is 0 Å². The van der Waals surface area contributed by atoms with Crippen molar-refractivity contribution in [2.75, 3.05) is 14.2 Å². The molecule has 5 rings (SSSR count). The monoisotopic (exact) mass is 520 g/mol. The van der Waals surface area contributed by atoms with Crippen molar-refractivity contribution in [3.05, 3.63) is 131 Å². The smallest absolute Gasteiger partial charge is 0.148 e. The first-order valence-corrected chi connectivity index (χ1v) is 13.5. The van der Waals surface area contributed by atoms with Crippen LogP contribution >= 0.6 is 0 Å². The van der Waals surface area contributed by atoms with Gasteiger partial charge in [-0.15, -0.1) is 0 Å². The maximum atomic E-state index is 6.21. The van der Waals surface area contributed by atoms with Gasteiger partial charge in [0.05, 0.1) is 26.0 Å². The molecule has 5 heteroatoms. The average molecular weight is 521 g/mol. The molecule has 2 atom stereocenters. The Hall–Kier alpha value is -4.09. The van der Waals surface area contributed by atoms with Gasteiger partial charge in [0, 0.05) is 25.9 Å². The molecule has 200 valence electrons. The van der Waals surface area contributed by atoms with Crippen molar-refractivity contribution in [3.8, 4) is 11.5 Å². The van der Waals surface area contributed by atoms with Crippen molar-refractivity contribution in [1.29, 1.82) is 0 Å². The normalized spacial score (nSPS) is 15.5. The number of oxime groups is 1. The Morgan fingerprint density at radius 2 is 1.21 bits per heavy atom. The van der Waals surface area contributed by atoms with Crippen molar-refractivity contribution >= 4 is 5.71 Å². The summed E-state index contributed by atoms with van der Waals surface area (Å²) < 4.78 is 10.8. The molecule has 1 aliphatic heterocycles. The third-order valence-corrected chi connectivity index (χ3v) is 7.28. The highest BCUT2D eigenvalue weighted by molar-refractivity contribution is 5.87. The minimum Gasteiger partial charge on any atom is -0.497 e. The van der Waals surface area contributed by atoms with Crippen LogP contribution in [0.5, 0.6) is 11.5 Å². The Bertz CT molecular complexity index is 1270. The highest BCUT2D eigenvalue weighted by Gasteiger charge is 2.34. The number of benzene rings is 4. The lowest BCUT2D eigenvalue weighted by Gasteiger charge is -2.35. The Morgan fingerprint density at radius 1 is 0.692 bits per heavy atom. The van der Waals surface area contributed by atoms with Crippen LogP contribution in [-0.4, -0.2) is 37.0 Å². The van der Waals surface area contributed by atoms with E-state index in [1.54, 1.807) is 14.2 Å². The second-order valence-corrected chi connectivity index (χ2v) is 10.0. The molecule has 0 N–H and O–H groups in total. The topological polar surface area (TPSA) is 43.3 Å². The van der Waals surface area contributed by atoms with Gasteiger partial charge in [-0.1, -0.05) is 90.1 Å². The average Bonchev–Trinajstić information content (AvgIpc) is 3.45. The quantitative estimate of drug-likeness (QED) is 0.208. The molecule has 0 radical (unpaired) electrons. The lowest BCUT2D eigenvalue weighted by Crippen LogP contribution is -2.44. The predicted octanol–water partition coefficient (Wildman–Crippen LogP) is 6.70. The molecule has 2 unspecified atom stereocenters. The lowest BCUT2D eigenvalue weighted by atomic mass is 9.94. The summed E-state index contributed by atoms with van der Waals surface area (Å²) in [6, 6.07) is 38.0. The van der Waals surface area contributed by atoms with Gasteiger partial charge in [-0.2, -0.15) is 0 Å². The number of methoxy groups -OCH3 is 2. The summed E-state index contributed by atoms with van der Waals surface area (Å²) in [7, 11) is 3.40. The molecule has 0 saturated heterocycles. The second-order valence-electron chi connectivity index (χ2n) is 10.0. The van der Waals surface area contributed by atoms with Crippen LogP contribution in [0, 0.1) is 0 Å². The van der Waals surface area contributed by atoms with Crippen LogP contribution < -0.4 is 9.47 Å². The van der Waals surface area contributed by atoms with E-state index >= 15 is 0 Å². The van der Waals surface area contributed by atoms with Crippen LogP contribution in [0.2, 0.25) is 0 Å². The zero-order valence-electron chi connectivity index (χ0n) is 22.7. The van der Waals surface area contributed by atoms with Crippen LogP contribution in [0.1, 0.15) is 28.7 Å². The summed E-state index contributed by atoms with van der Waals surface area (Å²) in [5.41, 5.74) is 6.10. The summed E-state index contributed by atoms with van der Waals surface area (Å²) in [6.07, 6.45) is 2.45. The number of hydrogen-bond donors (Lipinski definition) is 0. The van der Waals surface area contributed by atoms with E-state index in [-0.39, 0.29) is 12.1 Å². The summed E-state index contributed by atoms with van der Waals surface area (Å²) in [5.74, 6) is 1.72. The van der Waals surface area contributed by atoms with Crippen LogP contribution in [0.25, 0.3) is 0 Å². The van der Waals surface area contributed by atoms with Gasteiger partial charge < -0.3 is 14.3 Å². The summed E-state index contributed by atoms with van der Waals surface area (Å²) in [6.45, 7) is 1.56. The number of rotatable bonds is 12. The van der Waals surface area contributed by atoms with Crippen LogP contribution in [0.4, 0.5) is 0 Å². The zero-order valence-corrected chi connectivity index (χ0v) is 22.7. The summed E-state index contributed by atoms with van der Waals surface area (Å²) in [4.78, 5) is 8.74. The molecule has 0 fully saturated rings. The Morgan fingerprint density at radius 3 is 1.72 bits per heavy atom. The summed E-state index contributed by atoms with van der Waals surface area (Å²) in [5, 5.41) is 4.57. The lowest BCUT2D eigenvalue weighted by molar-refractivity contribution is 0.000126. The van der Waals surface area contributed by atoms with Crippen molar-refractivity contribution in [2.24, 2.45) is 5.16 Å². The van der Waals surface area contributed by atoms with Gasteiger partial charge in [0.25, 0.3) is 0 Å². The van der Waals surface area contributed by atoms with E-state index in [0.717, 1.165) is 49.6 Å². The van der Waals surface area contributed by atoms with Gasteiger partial charge in [0.15, 0.2) is 0 Å². The molecular formula is C34H36N2O3. The minimum absolute atomic E-state index is 0.0413. The van der Waals surface area contributed by atoms with E-state index in [0.29, 0.717) is 0 Å². The maximum absolute atomic E-state index is 6.21. The molecule has 0 amide bonds. The zero-order chi connectivity index (χ0) is 26.9. The minimum atomic E-state index is -0.0413. The first-order valence-electron chi connectivity index (χ1n) is 13.5. The third-order valence-electron chi connectivity index (χ3n) is 7.28. The number of ether oxygens (including phenoxy) is 2. The standard InChI is InChI=1S/C34H36N2O3/c1-37-31-17-13-28(14-18-31)24-36(25-29-15-19-32(38-2)20-16-29)33(22-27-11-7-4-8-12-27)34-23-30(35-39-34)21-26-9-5-3-6-10-26/h3-20,33-34H,21-25H2,1-2H3. The van der Waals surface area contributed by atoms with Gasteiger partial charge in [-0.05, 0) is 52.9 Å². The fourth-order valence-electron chi connectivity index (χ4n) is 5.16. The highest BCUT2D eigenvalue weighted by Crippen LogP contribution is 2.27. The maximum Gasteiger partial charge on any atom is 0.148 e. The van der Waals surface area contributed by atoms with E-state index < -0.39 is 0 Å². The second kappa shape index (κ2) is 13.1. The van der Waals surface area contributed by atoms with Crippen LogP contribution in [0.3, 0.4) is 0 Å². The number of nitrogens with zero attached hydrogens (tertiary/aromatic N) is 2. The molecule has 4 aromatic carbocycles. The van der Waals surface area contributed by atoms with Gasteiger partial charge in [0.1, 0.15) is 17.6 Å². The van der Waals surface area contributed by atoms with E-state index in [9.17, 15) is 0 Å². The molecular weight excluding hydrogens is 484 g/mol. The molecule has 4 aromatic rings. The largest absolute Gasteiger partial charge is 0.497 e.